The summed E-state index contributed by atoms with van der Waals surface area (Å²) in [4.78, 5) is 0. The first-order chi connectivity index (χ1) is 7.24. The van der Waals surface area contributed by atoms with Crippen LogP contribution in [0.15, 0.2) is 18.2 Å². The van der Waals surface area contributed by atoms with Crippen LogP contribution in [0.2, 0.25) is 0 Å². The summed E-state index contributed by atoms with van der Waals surface area (Å²) in [6.07, 6.45) is 3.70. The molecule has 0 bridgehead atoms. The topological polar surface area (TPSA) is 12.0 Å². The molecule has 0 amide bonds. The molecule has 1 aromatic carbocycles. The first-order valence-corrected chi connectivity index (χ1v) is 5.69. The van der Waals surface area contributed by atoms with Crippen LogP contribution in [0.25, 0.3) is 0 Å². The first kappa shape index (κ1) is 12.2. The lowest BCUT2D eigenvalue weighted by atomic mass is 10.1. The smallest absolute Gasteiger partial charge is 0.126 e. The average molecular weight is 209 g/mol. The van der Waals surface area contributed by atoms with Crippen molar-refractivity contribution in [2.24, 2.45) is 0 Å². The predicted molar refractivity (Wildman–Crippen MR) is 62.4 cm³/mol. The third-order valence-corrected chi connectivity index (χ3v) is 2.52. The van der Waals surface area contributed by atoms with E-state index in [1.54, 1.807) is 13.0 Å². The van der Waals surface area contributed by atoms with E-state index in [-0.39, 0.29) is 5.82 Å². The second kappa shape index (κ2) is 6.57. The van der Waals surface area contributed by atoms with Crippen LogP contribution in [0.3, 0.4) is 0 Å². The number of halogens is 1. The highest BCUT2D eigenvalue weighted by Gasteiger charge is 1.98. The van der Waals surface area contributed by atoms with Gasteiger partial charge in [0.2, 0.25) is 0 Å². The third kappa shape index (κ3) is 4.43. The van der Waals surface area contributed by atoms with Crippen LogP contribution >= 0.6 is 0 Å². The molecule has 0 fully saturated rings. The molecule has 0 aromatic heterocycles. The summed E-state index contributed by atoms with van der Waals surface area (Å²) >= 11 is 0. The molecular formula is C13H20FN. The molecular weight excluding hydrogens is 189 g/mol. The van der Waals surface area contributed by atoms with E-state index in [4.69, 9.17) is 0 Å². The fourth-order valence-electron chi connectivity index (χ4n) is 1.48. The van der Waals surface area contributed by atoms with E-state index in [1.165, 1.54) is 19.3 Å². The average Bonchev–Trinajstić information content (AvgIpc) is 2.23. The van der Waals surface area contributed by atoms with Gasteiger partial charge < -0.3 is 5.32 Å². The van der Waals surface area contributed by atoms with Gasteiger partial charge in [-0.15, -0.1) is 0 Å². The van der Waals surface area contributed by atoms with Crippen LogP contribution in [0.4, 0.5) is 4.39 Å². The molecule has 0 aliphatic carbocycles. The molecule has 84 valence electrons. The summed E-state index contributed by atoms with van der Waals surface area (Å²) in [6, 6.07) is 5.42. The van der Waals surface area contributed by atoms with Gasteiger partial charge in [-0.3, -0.25) is 0 Å². The molecule has 1 N–H and O–H groups in total. The van der Waals surface area contributed by atoms with Crippen LogP contribution in [0.5, 0.6) is 0 Å². The summed E-state index contributed by atoms with van der Waals surface area (Å²) < 4.78 is 13.2. The number of hydrogen-bond acceptors (Lipinski definition) is 1. The molecule has 0 atom stereocenters. The lowest BCUT2D eigenvalue weighted by molar-refractivity contribution is 0.600. The second-order valence-corrected chi connectivity index (χ2v) is 3.97. The molecule has 0 saturated carbocycles. The molecule has 15 heavy (non-hydrogen) atoms. The van der Waals surface area contributed by atoms with Gasteiger partial charge in [0.1, 0.15) is 5.82 Å². The van der Waals surface area contributed by atoms with Crippen molar-refractivity contribution in [1.82, 2.24) is 5.32 Å². The van der Waals surface area contributed by atoms with Crippen LogP contribution in [-0.2, 0) is 6.54 Å². The minimum Gasteiger partial charge on any atom is -0.313 e. The standard InChI is InChI=1S/C13H20FN/c1-3-4-5-8-15-10-12-7-6-11(2)13(14)9-12/h6-7,9,15H,3-5,8,10H2,1-2H3. The zero-order valence-corrected chi connectivity index (χ0v) is 9.65. The molecule has 0 aliphatic rings. The molecule has 1 aromatic rings. The van der Waals surface area contributed by atoms with Crippen LogP contribution in [0, 0.1) is 12.7 Å². The van der Waals surface area contributed by atoms with E-state index in [2.05, 4.69) is 12.2 Å². The lowest BCUT2D eigenvalue weighted by Crippen LogP contribution is -2.14. The van der Waals surface area contributed by atoms with E-state index in [1.807, 2.05) is 12.1 Å². The molecule has 1 rings (SSSR count). The Hall–Kier alpha value is -0.890. The molecule has 1 nitrogen and oxygen atoms in total. The molecule has 0 unspecified atom stereocenters. The number of benzene rings is 1. The van der Waals surface area contributed by atoms with E-state index in [0.717, 1.165) is 18.7 Å². The van der Waals surface area contributed by atoms with E-state index < -0.39 is 0 Å². The Kier molecular flexibility index (Phi) is 5.33. The Morgan fingerprint density at radius 2 is 2.07 bits per heavy atom. The number of nitrogens with one attached hydrogen (secondary N) is 1. The van der Waals surface area contributed by atoms with Crippen molar-refractivity contribution in [3.63, 3.8) is 0 Å². The molecule has 0 heterocycles. The largest absolute Gasteiger partial charge is 0.313 e. The molecule has 0 aliphatic heterocycles. The summed E-state index contributed by atoms with van der Waals surface area (Å²) in [7, 11) is 0. The predicted octanol–water partition coefficient (Wildman–Crippen LogP) is 3.41. The maximum absolute atomic E-state index is 13.2. The zero-order valence-electron chi connectivity index (χ0n) is 9.65. The van der Waals surface area contributed by atoms with Gasteiger partial charge in [0.25, 0.3) is 0 Å². The zero-order chi connectivity index (χ0) is 11.1. The van der Waals surface area contributed by atoms with Gasteiger partial charge >= 0.3 is 0 Å². The maximum Gasteiger partial charge on any atom is 0.126 e. The van der Waals surface area contributed by atoms with Crippen molar-refractivity contribution in [2.45, 2.75) is 39.7 Å². The van der Waals surface area contributed by atoms with Gasteiger partial charge in [-0.25, -0.2) is 4.39 Å². The van der Waals surface area contributed by atoms with Gasteiger partial charge in [0, 0.05) is 6.54 Å². The summed E-state index contributed by atoms with van der Waals surface area (Å²) in [6.45, 7) is 5.76. The maximum atomic E-state index is 13.2. The van der Waals surface area contributed by atoms with E-state index >= 15 is 0 Å². The number of rotatable bonds is 6. The van der Waals surface area contributed by atoms with E-state index in [9.17, 15) is 4.39 Å². The van der Waals surface area contributed by atoms with Gasteiger partial charge in [-0.1, -0.05) is 31.9 Å². The highest BCUT2D eigenvalue weighted by molar-refractivity contribution is 5.23. The molecule has 0 saturated heterocycles. The summed E-state index contributed by atoms with van der Waals surface area (Å²) in [5, 5.41) is 3.32. The molecule has 0 radical (unpaired) electrons. The van der Waals surface area contributed by atoms with E-state index in [0.29, 0.717) is 5.56 Å². The Bertz CT molecular complexity index is 297. The van der Waals surface area contributed by atoms with Crippen LogP contribution in [-0.4, -0.2) is 6.54 Å². The van der Waals surface area contributed by atoms with Crippen LogP contribution in [0.1, 0.15) is 37.3 Å². The Morgan fingerprint density at radius 1 is 1.27 bits per heavy atom. The normalized spacial score (nSPS) is 10.6. The lowest BCUT2D eigenvalue weighted by Gasteiger charge is -2.05. The summed E-state index contributed by atoms with van der Waals surface area (Å²) in [5.41, 5.74) is 1.74. The third-order valence-electron chi connectivity index (χ3n) is 2.52. The van der Waals surface area contributed by atoms with Crippen molar-refractivity contribution in [3.8, 4) is 0 Å². The highest BCUT2D eigenvalue weighted by atomic mass is 19.1. The van der Waals surface area contributed by atoms with Crippen molar-refractivity contribution in [3.05, 3.63) is 35.1 Å². The van der Waals surface area contributed by atoms with Crippen LogP contribution < -0.4 is 5.32 Å². The number of unbranched alkanes of at least 4 members (excludes halogenated alkanes) is 2. The Morgan fingerprint density at radius 3 is 2.73 bits per heavy atom. The van der Waals surface area contributed by atoms with Crippen molar-refractivity contribution in [1.29, 1.82) is 0 Å². The van der Waals surface area contributed by atoms with Gasteiger partial charge in [-0.2, -0.15) is 0 Å². The number of hydrogen-bond donors (Lipinski definition) is 1. The minimum atomic E-state index is -0.108. The molecule has 0 spiro atoms. The first-order valence-electron chi connectivity index (χ1n) is 5.69. The van der Waals surface area contributed by atoms with Crippen molar-refractivity contribution < 1.29 is 4.39 Å². The minimum absolute atomic E-state index is 0.108. The van der Waals surface area contributed by atoms with Gasteiger partial charge in [-0.05, 0) is 37.1 Å². The molecule has 2 heteroatoms. The van der Waals surface area contributed by atoms with Gasteiger partial charge in [0.05, 0.1) is 0 Å². The quantitative estimate of drug-likeness (QED) is 0.708. The monoisotopic (exact) mass is 209 g/mol. The summed E-state index contributed by atoms with van der Waals surface area (Å²) in [5.74, 6) is -0.108. The van der Waals surface area contributed by atoms with Crippen molar-refractivity contribution in [2.75, 3.05) is 6.54 Å². The Labute approximate surface area is 91.7 Å². The SMILES string of the molecule is CCCCCNCc1ccc(C)c(F)c1. The van der Waals surface area contributed by atoms with Crippen molar-refractivity contribution >= 4 is 0 Å². The highest BCUT2D eigenvalue weighted by Crippen LogP contribution is 2.08. The van der Waals surface area contributed by atoms with Gasteiger partial charge in [0.15, 0.2) is 0 Å². The number of aryl methyl sites for hydroxylation is 1. The Balaban J connectivity index is 2.28. The second-order valence-electron chi connectivity index (χ2n) is 3.97. The fourth-order valence-corrected chi connectivity index (χ4v) is 1.48. The fraction of sp³-hybridized carbons (Fsp3) is 0.538.